The molecule has 6 nitrogen and oxygen atoms in total. The molecular weight excluding hydrogens is 248 g/mol. The molecule has 3 N–H and O–H groups in total. The number of carboxylic acids is 1. The highest BCUT2D eigenvalue weighted by atomic mass is 16.4. The number of hydrogen-bond acceptors (Lipinski definition) is 4. The smallest absolute Gasteiger partial charge is 0.338 e. The molecule has 0 saturated heterocycles. The van der Waals surface area contributed by atoms with Gasteiger partial charge in [0.2, 0.25) is 5.91 Å². The molecule has 1 amide bonds. The Morgan fingerprint density at radius 2 is 2.21 bits per heavy atom. The van der Waals surface area contributed by atoms with Crippen molar-refractivity contribution in [2.75, 3.05) is 6.54 Å². The lowest BCUT2D eigenvalue weighted by atomic mass is 10.2. The molecule has 0 aliphatic rings. The second-order valence-corrected chi connectivity index (χ2v) is 4.41. The van der Waals surface area contributed by atoms with Crippen LogP contribution in [0.2, 0.25) is 0 Å². The van der Waals surface area contributed by atoms with Gasteiger partial charge in [0.25, 0.3) is 0 Å². The molecule has 0 aliphatic heterocycles. The minimum absolute atomic E-state index is 0.00696. The van der Waals surface area contributed by atoms with Gasteiger partial charge in [0.15, 0.2) is 0 Å². The van der Waals surface area contributed by atoms with Crippen molar-refractivity contribution in [3.05, 3.63) is 23.7 Å². The number of carbonyl (C=O) groups is 2. The summed E-state index contributed by atoms with van der Waals surface area (Å²) in [5, 5.41) is 14.6. The van der Waals surface area contributed by atoms with Crippen LogP contribution in [0.5, 0.6) is 0 Å². The average molecular weight is 268 g/mol. The van der Waals surface area contributed by atoms with Crippen LogP contribution in [0.3, 0.4) is 0 Å². The number of rotatable bonds is 8. The molecule has 106 valence electrons. The first-order valence-corrected chi connectivity index (χ1v) is 6.33. The highest BCUT2D eigenvalue weighted by molar-refractivity contribution is 5.87. The van der Waals surface area contributed by atoms with Crippen molar-refractivity contribution in [3.63, 3.8) is 0 Å². The summed E-state index contributed by atoms with van der Waals surface area (Å²) in [5.74, 6) is -0.463. The Labute approximate surface area is 112 Å². The van der Waals surface area contributed by atoms with Gasteiger partial charge in [-0.25, -0.2) is 4.79 Å². The first kappa shape index (κ1) is 15.2. The van der Waals surface area contributed by atoms with Gasteiger partial charge in [-0.15, -0.1) is 0 Å². The molecule has 1 heterocycles. The number of furan rings is 1. The normalized spacial score (nSPS) is 12.1. The van der Waals surface area contributed by atoms with Gasteiger partial charge in [-0.2, -0.15) is 0 Å². The molecule has 1 atom stereocenters. The van der Waals surface area contributed by atoms with Crippen LogP contribution in [-0.4, -0.2) is 29.6 Å². The van der Waals surface area contributed by atoms with Crippen LogP contribution < -0.4 is 10.6 Å². The molecule has 1 unspecified atom stereocenters. The van der Waals surface area contributed by atoms with Crippen LogP contribution in [0.25, 0.3) is 0 Å². The highest BCUT2D eigenvalue weighted by Gasteiger charge is 2.08. The van der Waals surface area contributed by atoms with E-state index in [0.717, 1.165) is 6.42 Å². The minimum Gasteiger partial charge on any atom is -0.478 e. The van der Waals surface area contributed by atoms with E-state index in [1.54, 1.807) is 0 Å². The molecule has 0 aliphatic carbocycles. The van der Waals surface area contributed by atoms with Gasteiger partial charge >= 0.3 is 5.97 Å². The quantitative estimate of drug-likeness (QED) is 0.619. The van der Waals surface area contributed by atoms with Crippen molar-refractivity contribution in [2.45, 2.75) is 39.3 Å². The maximum atomic E-state index is 11.5. The molecule has 0 saturated carbocycles. The number of carboxylic acid groups (broad SMARTS) is 1. The summed E-state index contributed by atoms with van der Waals surface area (Å²) in [6, 6.07) is 1.66. The van der Waals surface area contributed by atoms with Gasteiger partial charge in [-0.3, -0.25) is 4.79 Å². The number of aromatic carboxylic acids is 1. The summed E-state index contributed by atoms with van der Waals surface area (Å²) < 4.78 is 5.07. The Bertz CT molecular complexity index is 428. The van der Waals surface area contributed by atoms with Gasteiger partial charge in [-0.05, 0) is 19.4 Å². The summed E-state index contributed by atoms with van der Waals surface area (Å²) >= 11 is 0. The van der Waals surface area contributed by atoms with Gasteiger partial charge in [-0.1, -0.05) is 6.92 Å². The van der Waals surface area contributed by atoms with Crippen molar-refractivity contribution in [2.24, 2.45) is 0 Å². The third kappa shape index (κ3) is 5.56. The van der Waals surface area contributed by atoms with E-state index in [4.69, 9.17) is 9.52 Å². The highest BCUT2D eigenvalue weighted by Crippen LogP contribution is 2.07. The maximum absolute atomic E-state index is 11.5. The van der Waals surface area contributed by atoms with Crippen LogP contribution in [0, 0.1) is 0 Å². The Hall–Kier alpha value is -1.82. The Balaban J connectivity index is 2.19. The molecule has 1 aromatic rings. The monoisotopic (exact) mass is 268 g/mol. The van der Waals surface area contributed by atoms with Gasteiger partial charge in [0, 0.05) is 19.0 Å². The molecule has 6 heteroatoms. The lowest BCUT2D eigenvalue weighted by molar-refractivity contribution is -0.121. The lowest BCUT2D eigenvalue weighted by Crippen LogP contribution is -2.33. The predicted molar refractivity (Wildman–Crippen MR) is 69.9 cm³/mol. The van der Waals surface area contributed by atoms with Crippen molar-refractivity contribution >= 4 is 11.9 Å². The van der Waals surface area contributed by atoms with Crippen LogP contribution in [-0.2, 0) is 11.3 Å². The summed E-state index contributed by atoms with van der Waals surface area (Å²) in [5.41, 5.74) is 0.131. The van der Waals surface area contributed by atoms with Crippen LogP contribution in [0.15, 0.2) is 16.7 Å². The summed E-state index contributed by atoms with van der Waals surface area (Å²) in [7, 11) is 0. The average Bonchev–Trinajstić information content (AvgIpc) is 2.83. The maximum Gasteiger partial charge on any atom is 0.338 e. The second kappa shape index (κ2) is 7.58. The van der Waals surface area contributed by atoms with E-state index in [0.29, 0.717) is 25.3 Å². The Morgan fingerprint density at radius 1 is 1.47 bits per heavy atom. The number of hydrogen-bond donors (Lipinski definition) is 3. The van der Waals surface area contributed by atoms with Gasteiger partial charge < -0.3 is 20.2 Å². The molecule has 1 rings (SSSR count). The molecule has 19 heavy (non-hydrogen) atoms. The van der Waals surface area contributed by atoms with Crippen molar-refractivity contribution < 1.29 is 19.1 Å². The molecule has 0 spiro atoms. The molecule has 0 bridgehead atoms. The SMILES string of the molecule is CCC(C)NC(=O)CCNCc1cc(C(=O)O)co1. The number of carbonyl (C=O) groups excluding carboxylic acids is 1. The molecule has 0 radical (unpaired) electrons. The van der Waals surface area contributed by atoms with E-state index in [1.807, 2.05) is 13.8 Å². The van der Waals surface area contributed by atoms with Gasteiger partial charge in [0.05, 0.1) is 12.1 Å². The van der Waals surface area contributed by atoms with E-state index in [2.05, 4.69) is 10.6 Å². The zero-order valence-corrected chi connectivity index (χ0v) is 11.2. The minimum atomic E-state index is -1.01. The lowest BCUT2D eigenvalue weighted by Gasteiger charge is -2.11. The standard InChI is InChI=1S/C13H20N2O4/c1-3-9(2)15-12(16)4-5-14-7-11-6-10(8-19-11)13(17)18/h6,8-9,14H,3-5,7H2,1-2H3,(H,15,16)(H,17,18). The van der Waals surface area contributed by atoms with E-state index < -0.39 is 5.97 Å². The van der Waals surface area contributed by atoms with Crippen molar-refractivity contribution in [3.8, 4) is 0 Å². The Morgan fingerprint density at radius 3 is 2.79 bits per heavy atom. The molecule has 0 aromatic carbocycles. The summed E-state index contributed by atoms with van der Waals surface area (Å²) in [4.78, 5) is 22.1. The third-order valence-corrected chi connectivity index (χ3v) is 2.75. The largest absolute Gasteiger partial charge is 0.478 e. The number of nitrogens with one attached hydrogen (secondary N) is 2. The zero-order valence-electron chi connectivity index (χ0n) is 11.2. The Kier molecular flexibility index (Phi) is 6.08. The van der Waals surface area contributed by atoms with E-state index >= 15 is 0 Å². The van der Waals surface area contributed by atoms with Crippen molar-refractivity contribution in [1.82, 2.24) is 10.6 Å². The van der Waals surface area contributed by atoms with Crippen LogP contribution in [0.4, 0.5) is 0 Å². The number of amides is 1. The fraction of sp³-hybridized carbons (Fsp3) is 0.538. The first-order valence-electron chi connectivity index (χ1n) is 6.33. The third-order valence-electron chi connectivity index (χ3n) is 2.75. The summed E-state index contributed by atoms with van der Waals surface area (Å²) in [6.45, 7) is 4.90. The second-order valence-electron chi connectivity index (χ2n) is 4.41. The summed E-state index contributed by atoms with van der Waals surface area (Å²) in [6.07, 6.45) is 2.50. The predicted octanol–water partition coefficient (Wildman–Crippen LogP) is 1.37. The van der Waals surface area contributed by atoms with E-state index in [1.165, 1.54) is 12.3 Å². The van der Waals surface area contributed by atoms with Crippen molar-refractivity contribution in [1.29, 1.82) is 0 Å². The van der Waals surface area contributed by atoms with E-state index in [9.17, 15) is 9.59 Å². The topological polar surface area (TPSA) is 91.6 Å². The van der Waals surface area contributed by atoms with Gasteiger partial charge in [0.1, 0.15) is 12.0 Å². The van der Waals surface area contributed by atoms with E-state index in [-0.39, 0.29) is 17.5 Å². The molecule has 1 aromatic heterocycles. The fourth-order valence-electron chi connectivity index (χ4n) is 1.45. The first-order chi connectivity index (χ1) is 9.02. The molecule has 0 fully saturated rings. The van der Waals surface area contributed by atoms with Crippen LogP contribution in [0.1, 0.15) is 42.8 Å². The molecular formula is C13H20N2O4. The fourth-order valence-corrected chi connectivity index (χ4v) is 1.45. The van der Waals surface area contributed by atoms with Crippen LogP contribution >= 0.6 is 0 Å². The zero-order chi connectivity index (χ0) is 14.3.